The summed E-state index contributed by atoms with van der Waals surface area (Å²) in [5.74, 6) is -0.919. The van der Waals surface area contributed by atoms with Gasteiger partial charge in [0.1, 0.15) is 5.82 Å². The van der Waals surface area contributed by atoms with Crippen molar-refractivity contribution in [2.24, 2.45) is 0 Å². The van der Waals surface area contributed by atoms with Gasteiger partial charge in [-0.25, -0.2) is 4.39 Å². The van der Waals surface area contributed by atoms with Crippen LogP contribution in [0, 0.1) is 5.82 Å². The number of carbonyl (C=O) groups excluding carboxylic acids is 1. The number of benzene rings is 1. The lowest BCUT2D eigenvalue weighted by molar-refractivity contribution is 0.0686. The number of hydrogen-bond donors (Lipinski definition) is 1. The molecule has 0 bridgehead atoms. The molecule has 0 radical (unpaired) electrons. The first-order valence-corrected chi connectivity index (χ1v) is 7.24. The van der Waals surface area contributed by atoms with Crippen molar-refractivity contribution < 1.29 is 18.7 Å². The number of ether oxygens (including phenoxy) is 2. The SMILES string of the molecule is COCCOCCCCNC(=O)c1cc(Br)ccc1F. The lowest BCUT2D eigenvalue weighted by Crippen LogP contribution is -2.25. The molecule has 1 aromatic rings. The molecule has 0 heterocycles. The molecule has 0 atom stereocenters. The Hall–Kier alpha value is -0.980. The van der Waals surface area contributed by atoms with Crippen LogP contribution in [0.15, 0.2) is 22.7 Å². The highest BCUT2D eigenvalue weighted by atomic mass is 79.9. The molecule has 6 heteroatoms. The standard InChI is InChI=1S/C14H19BrFNO3/c1-19-8-9-20-7-3-2-6-17-14(18)12-10-11(15)4-5-13(12)16/h4-5,10H,2-3,6-9H2,1H3,(H,17,18). The average molecular weight is 348 g/mol. The Bertz CT molecular complexity index is 429. The fourth-order valence-corrected chi connectivity index (χ4v) is 1.90. The lowest BCUT2D eigenvalue weighted by Gasteiger charge is -2.07. The number of amides is 1. The summed E-state index contributed by atoms with van der Waals surface area (Å²) in [5, 5.41) is 2.69. The second-order valence-electron chi connectivity index (χ2n) is 4.19. The van der Waals surface area contributed by atoms with Crippen molar-refractivity contribution in [1.82, 2.24) is 5.32 Å². The fraction of sp³-hybridized carbons (Fsp3) is 0.500. The van der Waals surface area contributed by atoms with E-state index in [1.54, 1.807) is 13.2 Å². The Morgan fingerprint density at radius 2 is 2.10 bits per heavy atom. The van der Waals surface area contributed by atoms with Crippen LogP contribution in [-0.4, -0.2) is 39.4 Å². The van der Waals surface area contributed by atoms with Crippen molar-refractivity contribution in [3.63, 3.8) is 0 Å². The van der Waals surface area contributed by atoms with Crippen molar-refractivity contribution in [2.45, 2.75) is 12.8 Å². The quantitative estimate of drug-likeness (QED) is 0.698. The van der Waals surface area contributed by atoms with Gasteiger partial charge in [0.15, 0.2) is 0 Å². The van der Waals surface area contributed by atoms with E-state index in [2.05, 4.69) is 21.2 Å². The third-order valence-corrected chi connectivity index (χ3v) is 3.10. The topological polar surface area (TPSA) is 47.6 Å². The Morgan fingerprint density at radius 3 is 2.85 bits per heavy atom. The summed E-state index contributed by atoms with van der Waals surface area (Å²) in [6.07, 6.45) is 1.62. The van der Waals surface area contributed by atoms with Crippen LogP contribution in [0.3, 0.4) is 0 Å². The molecule has 0 aliphatic rings. The molecule has 0 saturated carbocycles. The summed E-state index contributed by atoms with van der Waals surface area (Å²) < 4.78 is 24.3. The van der Waals surface area contributed by atoms with Gasteiger partial charge in [-0.2, -0.15) is 0 Å². The van der Waals surface area contributed by atoms with Gasteiger partial charge in [-0.3, -0.25) is 4.79 Å². The normalized spacial score (nSPS) is 10.6. The highest BCUT2D eigenvalue weighted by Crippen LogP contribution is 2.15. The Labute approximate surface area is 126 Å². The van der Waals surface area contributed by atoms with Crippen LogP contribution in [0.4, 0.5) is 4.39 Å². The first-order chi connectivity index (χ1) is 9.65. The summed E-state index contributed by atoms with van der Waals surface area (Å²) in [7, 11) is 1.62. The van der Waals surface area contributed by atoms with Gasteiger partial charge in [0.25, 0.3) is 5.91 Å². The number of rotatable bonds is 9. The fourth-order valence-electron chi connectivity index (χ4n) is 1.54. The number of carbonyl (C=O) groups is 1. The van der Waals surface area contributed by atoms with Crippen LogP contribution >= 0.6 is 15.9 Å². The number of unbranched alkanes of at least 4 members (excludes halogenated alkanes) is 1. The van der Waals surface area contributed by atoms with E-state index < -0.39 is 11.7 Å². The highest BCUT2D eigenvalue weighted by molar-refractivity contribution is 9.10. The van der Waals surface area contributed by atoms with Gasteiger partial charge in [-0.1, -0.05) is 15.9 Å². The summed E-state index contributed by atoms with van der Waals surface area (Å²) in [4.78, 5) is 11.8. The van der Waals surface area contributed by atoms with Gasteiger partial charge in [-0.15, -0.1) is 0 Å². The van der Waals surface area contributed by atoms with Crippen LogP contribution in [-0.2, 0) is 9.47 Å². The monoisotopic (exact) mass is 347 g/mol. The van der Waals surface area contributed by atoms with Crippen LogP contribution in [0.25, 0.3) is 0 Å². The number of hydrogen-bond acceptors (Lipinski definition) is 3. The largest absolute Gasteiger partial charge is 0.382 e. The molecular formula is C14H19BrFNO3. The zero-order valence-electron chi connectivity index (χ0n) is 11.5. The predicted molar refractivity (Wildman–Crippen MR) is 78.4 cm³/mol. The lowest BCUT2D eigenvalue weighted by atomic mass is 10.2. The minimum Gasteiger partial charge on any atom is -0.382 e. The average Bonchev–Trinajstić information content (AvgIpc) is 2.44. The van der Waals surface area contributed by atoms with E-state index >= 15 is 0 Å². The maximum Gasteiger partial charge on any atom is 0.254 e. The predicted octanol–water partition coefficient (Wildman–Crippen LogP) is 2.76. The molecule has 4 nitrogen and oxygen atoms in total. The molecule has 0 aromatic heterocycles. The van der Waals surface area contributed by atoms with Gasteiger partial charge in [-0.05, 0) is 31.0 Å². The summed E-state index contributed by atoms with van der Waals surface area (Å²) in [6, 6.07) is 4.30. The van der Waals surface area contributed by atoms with Gasteiger partial charge in [0.05, 0.1) is 18.8 Å². The summed E-state index contributed by atoms with van der Waals surface area (Å²) >= 11 is 3.21. The smallest absolute Gasteiger partial charge is 0.254 e. The molecule has 0 spiro atoms. The molecular weight excluding hydrogens is 329 g/mol. The Kier molecular flexibility index (Phi) is 8.41. The molecule has 1 aromatic carbocycles. The maximum atomic E-state index is 13.5. The molecule has 1 N–H and O–H groups in total. The van der Waals surface area contributed by atoms with Crippen LogP contribution in [0.1, 0.15) is 23.2 Å². The number of halogens is 2. The summed E-state index contributed by atoms with van der Waals surface area (Å²) in [5.41, 5.74) is 0.0516. The summed E-state index contributed by atoms with van der Waals surface area (Å²) in [6.45, 7) is 2.29. The third-order valence-electron chi connectivity index (χ3n) is 2.61. The second-order valence-corrected chi connectivity index (χ2v) is 5.11. The molecule has 1 amide bonds. The molecule has 20 heavy (non-hydrogen) atoms. The van der Waals surface area contributed by atoms with Crippen LogP contribution in [0.2, 0.25) is 0 Å². The van der Waals surface area contributed by atoms with Crippen molar-refractivity contribution >= 4 is 21.8 Å². The molecule has 0 aliphatic heterocycles. The minimum absolute atomic E-state index is 0.0516. The maximum absolute atomic E-state index is 13.5. The third kappa shape index (κ3) is 6.45. The van der Waals surface area contributed by atoms with E-state index in [-0.39, 0.29) is 5.56 Å². The van der Waals surface area contributed by atoms with Gasteiger partial charge in [0.2, 0.25) is 0 Å². The first kappa shape index (κ1) is 17.1. The van der Waals surface area contributed by atoms with E-state index in [1.165, 1.54) is 12.1 Å². The molecule has 1 rings (SSSR count). The van der Waals surface area contributed by atoms with E-state index in [0.717, 1.165) is 12.8 Å². The van der Waals surface area contributed by atoms with E-state index in [4.69, 9.17) is 9.47 Å². The van der Waals surface area contributed by atoms with Crippen LogP contribution < -0.4 is 5.32 Å². The molecule has 0 saturated heterocycles. The molecule has 0 fully saturated rings. The zero-order chi connectivity index (χ0) is 14.8. The molecule has 0 unspecified atom stereocenters. The molecule has 112 valence electrons. The van der Waals surface area contributed by atoms with Crippen molar-refractivity contribution in [3.05, 3.63) is 34.1 Å². The van der Waals surface area contributed by atoms with Crippen molar-refractivity contribution in [2.75, 3.05) is 33.5 Å². The second kappa shape index (κ2) is 9.85. The number of nitrogens with one attached hydrogen (secondary N) is 1. The molecule has 0 aliphatic carbocycles. The highest BCUT2D eigenvalue weighted by Gasteiger charge is 2.11. The van der Waals surface area contributed by atoms with Crippen LogP contribution in [0.5, 0.6) is 0 Å². The van der Waals surface area contributed by atoms with E-state index in [0.29, 0.717) is 30.8 Å². The van der Waals surface area contributed by atoms with E-state index in [9.17, 15) is 9.18 Å². The van der Waals surface area contributed by atoms with Crippen molar-refractivity contribution in [1.29, 1.82) is 0 Å². The minimum atomic E-state index is -0.520. The van der Waals surface area contributed by atoms with Gasteiger partial charge in [0, 0.05) is 24.7 Å². The Balaban J connectivity index is 2.18. The van der Waals surface area contributed by atoms with E-state index in [1.807, 2.05) is 0 Å². The zero-order valence-corrected chi connectivity index (χ0v) is 13.0. The Morgan fingerprint density at radius 1 is 1.30 bits per heavy atom. The van der Waals surface area contributed by atoms with Crippen molar-refractivity contribution in [3.8, 4) is 0 Å². The van der Waals surface area contributed by atoms with Gasteiger partial charge < -0.3 is 14.8 Å². The first-order valence-electron chi connectivity index (χ1n) is 6.45. The number of methoxy groups -OCH3 is 1. The van der Waals surface area contributed by atoms with Gasteiger partial charge >= 0.3 is 0 Å².